The Morgan fingerprint density at radius 1 is 1.20 bits per heavy atom. The molecule has 0 heterocycles. The standard InChI is InChI=1S/C11H13FO2S/c12-15(13,14)7-6-9-4-5-10-2-1-3-11(10)8-9/h4-5,8H,1-3,6-7H2. The minimum absolute atomic E-state index is 0.270. The minimum atomic E-state index is -4.34. The molecule has 1 aliphatic rings. The predicted octanol–water partition coefficient (Wildman–Crippen LogP) is 2.02. The van der Waals surface area contributed by atoms with Crippen LogP contribution in [0, 0.1) is 0 Å². The monoisotopic (exact) mass is 228 g/mol. The maximum atomic E-state index is 12.3. The maximum Gasteiger partial charge on any atom is 0.302 e. The fraction of sp³-hybridized carbons (Fsp3) is 0.455. The first kappa shape index (κ1) is 10.6. The Kier molecular flexibility index (Phi) is 2.78. The molecule has 0 saturated heterocycles. The molecule has 0 amide bonds. The largest absolute Gasteiger partial charge is 0.302 e. The van der Waals surface area contributed by atoms with E-state index in [9.17, 15) is 12.3 Å². The van der Waals surface area contributed by atoms with Gasteiger partial charge in [0.1, 0.15) is 0 Å². The molecular weight excluding hydrogens is 215 g/mol. The van der Waals surface area contributed by atoms with Crippen molar-refractivity contribution < 1.29 is 12.3 Å². The van der Waals surface area contributed by atoms with Crippen molar-refractivity contribution in [2.45, 2.75) is 25.7 Å². The second-order valence-corrected chi connectivity index (χ2v) is 5.44. The normalized spacial score (nSPS) is 15.3. The van der Waals surface area contributed by atoms with Crippen molar-refractivity contribution in [3.63, 3.8) is 0 Å². The van der Waals surface area contributed by atoms with Gasteiger partial charge in [-0.2, -0.15) is 8.42 Å². The van der Waals surface area contributed by atoms with E-state index in [1.54, 1.807) is 0 Å². The van der Waals surface area contributed by atoms with E-state index in [4.69, 9.17) is 0 Å². The van der Waals surface area contributed by atoms with E-state index in [1.165, 1.54) is 17.5 Å². The first-order valence-electron chi connectivity index (χ1n) is 5.08. The lowest BCUT2D eigenvalue weighted by atomic mass is 10.1. The van der Waals surface area contributed by atoms with E-state index in [1.807, 2.05) is 18.2 Å². The third kappa shape index (κ3) is 2.78. The molecule has 0 aliphatic heterocycles. The number of fused-ring (bicyclic) bond motifs is 1. The summed E-state index contributed by atoms with van der Waals surface area (Å²) >= 11 is 0. The van der Waals surface area contributed by atoms with Crippen LogP contribution in [0.25, 0.3) is 0 Å². The Morgan fingerprint density at radius 2 is 1.93 bits per heavy atom. The van der Waals surface area contributed by atoms with Crippen LogP contribution in [0.5, 0.6) is 0 Å². The van der Waals surface area contributed by atoms with Crippen LogP contribution in [0.1, 0.15) is 23.1 Å². The molecule has 0 fully saturated rings. The predicted molar refractivity (Wildman–Crippen MR) is 57.1 cm³/mol. The molecule has 0 unspecified atom stereocenters. The van der Waals surface area contributed by atoms with Gasteiger partial charge in [-0.15, -0.1) is 3.89 Å². The van der Waals surface area contributed by atoms with Crippen molar-refractivity contribution in [3.8, 4) is 0 Å². The van der Waals surface area contributed by atoms with Gasteiger partial charge in [0.15, 0.2) is 0 Å². The van der Waals surface area contributed by atoms with Crippen molar-refractivity contribution in [3.05, 3.63) is 34.9 Å². The third-order valence-corrected chi connectivity index (χ3v) is 3.49. The number of aryl methyl sites for hydroxylation is 3. The molecule has 15 heavy (non-hydrogen) atoms. The maximum absolute atomic E-state index is 12.3. The summed E-state index contributed by atoms with van der Waals surface area (Å²) in [6, 6.07) is 5.94. The van der Waals surface area contributed by atoms with Gasteiger partial charge in [0.05, 0.1) is 5.75 Å². The lowest BCUT2D eigenvalue weighted by Gasteiger charge is -2.03. The summed E-state index contributed by atoms with van der Waals surface area (Å²) in [7, 11) is -4.34. The van der Waals surface area contributed by atoms with Crippen LogP contribution in [-0.2, 0) is 29.5 Å². The Hall–Kier alpha value is -0.900. The van der Waals surface area contributed by atoms with Crippen molar-refractivity contribution >= 4 is 10.2 Å². The highest BCUT2D eigenvalue weighted by Gasteiger charge is 2.12. The number of benzene rings is 1. The summed E-state index contributed by atoms with van der Waals surface area (Å²) in [5.41, 5.74) is 3.56. The summed E-state index contributed by atoms with van der Waals surface area (Å²) in [5.74, 6) is -0.411. The molecule has 1 aromatic carbocycles. The molecular formula is C11H13FO2S. The van der Waals surface area contributed by atoms with E-state index in [0.717, 1.165) is 18.4 Å². The van der Waals surface area contributed by atoms with Crippen molar-refractivity contribution in [1.29, 1.82) is 0 Å². The first-order chi connectivity index (χ1) is 7.04. The molecule has 0 bridgehead atoms. The number of hydrogen-bond donors (Lipinski definition) is 0. The zero-order chi connectivity index (χ0) is 10.9. The molecule has 0 saturated carbocycles. The minimum Gasteiger partial charge on any atom is -0.195 e. The van der Waals surface area contributed by atoms with Crippen LogP contribution in [0.3, 0.4) is 0 Å². The van der Waals surface area contributed by atoms with E-state index in [0.29, 0.717) is 0 Å². The first-order valence-corrected chi connectivity index (χ1v) is 6.63. The fourth-order valence-corrected chi connectivity index (χ4v) is 2.50. The number of hydrogen-bond acceptors (Lipinski definition) is 2. The molecule has 0 atom stereocenters. The van der Waals surface area contributed by atoms with E-state index < -0.39 is 16.0 Å². The van der Waals surface area contributed by atoms with Crippen LogP contribution < -0.4 is 0 Å². The van der Waals surface area contributed by atoms with Gasteiger partial charge < -0.3 is 0 Å². The van der Waals surface area contributed by atoms with Crippen LogP contribution in [0.2, 0.25) is 0 Å². The second kappa shape index (κ2) is 3.93. The average Bonchev–Trinajstić information content (AvgIpc) is 2.60. The topological polar surface area (TPSA) is 34.1 Å². The van der Waals surface area contributed by atoms with Gasteiger partial charge in [-0.05, 0) is 42.4 Å². The van der Waals surface area contributed by atoms with Crippen LogP contribution in [0.4, 0.5) is 3.89 Å². The van der Waals surface area contributed by atoms with Gasteiger partial charge in [-0.1, -0.05) is 18.2 Å². The van der Waals surface area contributed by atoms with Gasteiger partial charge in [-0.3, -0.25) is 0 Å². The smallest absolute Gasteiger partial charge is 0.195 e. The fourth-order valence-electron chi connectivity index (χ4n) is 2.02. The molecule has 1 aliphatic carbocycles. The molecule has 1 aromatic rings. The van der Waals surface area contributed by atoms with Crippen molar-refractivity contribution in [2.75, 3.05) is 5.75 Å². The third-order valence-electron chi connectivity index (χ3n) is 2.80. The van der Waals surface area contributed by atoms with Crippen molar-refractivity contribution in [1.82, 2.24) is 0 Å². The van der Waals surface area contributed by atoms with Crippen LogP contribution in [-0.4, -0.2) is 14.2 Å². The highest BCUT2D eigenvalue weighted by atomic mass is 32.3. The molecule has 0 aromatic heterocycles. The van der Waals surface area contributed by atoms with Crippen molar-refractivity contribution in [2.24, 2.45) is 0 Å². The second-order valence-electron chi connectivity index (χ2n) is 3.95. The van der Waals surface area contributed by atoms with Gasteiger partial charge in [0.2, 0.25) is 0 Å². The molecule has 82 valence electrons. The molecule has 0 radical (unpaired) electrons. The summed E-state index contributed by atoms with van der Waals surface area (Å²) in [4.78, 5) is 0. The Bertz CT molecular complexity index is 465. The Labute approximate surface area is 89.3 Å². The zero-order valence-electron chi connectivity index (χ0n) is 8.37. The lowest BCUT2D eigenvalue weighted by molar-refractivity contribution is 0.551. The molecule has 2 nitrogen and oxygen atoms in total. The number of halogens is 1. The molecule has 2 rings (SSSR count). The van der Waals surface area contributed by atoms with Gasteiger partial charge in [0, 0.05) is 0 Å². The summed E-state index contributed by atoms with van der Waals surface area (Å²) in [6.07, 6.45) is 3.61. The quantitative estimate of drug-likeness (QED) is 0.742. The molecule has 0 spiro atoms. The zero-order valence-corrected chi connectivity index (χ0v) is 9.19. The molecule has 0 N–H and O–H groups in total. The SMILES string of the molecule is O=S(=O)(F)CCc1ccc2c(c1)CCC2. The summed E-state index contributed by atoms with van der Waals surface area (Å²) in [5, 5.41) is 0. The van der Waals surface area contributed by atoms with E-state index in [2.05, 4.69) is 0 Å². The van der Waals surface area contributed by atoms with Crippen LogP contribution in [0.15, 0.2) is 18.2 Å². The Balaban J connectivity index is 2.10. The summed E-state index contributed by atoms with van der Waals surface area (Å²) < 4.78 is 33.1. The number of rotatable bonds is 3. The highest BCUT2D eigenvalue weighted by Crippen LogP contribution is 2.23. The molecule has 4 heteroatoms. The lowest BCUT2D eigenvalue weighted by Crippen LogP contribution is -2.02. The van der Waals surface area contributed by atoms with E-state index >= 15 is 0 Å². The average molecular weight is 228 g/mol. The van der Waals surface area contributed by atoms with Gasteiger partial charge in [0.25, 0.3) is 0 Å². The van der Waals surface area contributed by atoms with Gasteiger partial charge in [-0.25, -0.2) is 0 Å². The highest BCUT2D eigenvalue weighted by molar-refractivity contribution is 7.86. The summed E-state index contributed by atoms with van der Waals surface area (Å²) in [6.45, 7) is 0. The van der Waals surface area contributed by atoms with Crippen LogP contribution >= 0.6 is 0 Å². The Morgan fingerprint density at radius 3 is 2.67 bits per heavy atom. The van der Waals surface area contributed by atoms with Gasteiger partial charge >= 0.3 is 10.2 Å². The van der Waals surface area contributed by atoms with E-state index in [-0.39, 0.29) is 6.42 Å².